The number of aromatic nitrogens is 2. The Balaban J connectivity index is 2.12. The molecule has 0 spiro atoms. The van der Waals surface area contributed by atoms with Crippen LogP contribution in [0.15, 0.2) is 59.6 Å². The molecule has 0 fully saturated rings. The standard InChI is InChI=1S/C18H13ClN2S/c1-2-12-22-18-16(13-6-4-3-5-7-13)17(20-21-18)14-8-10-15(19)11-9-14/h1,3-11H,12H2,(H,20,21). The Morgan fingerprint density at radius 3 is 2.45 bits per heavy atom. The number of nitrogens with zero attached hydrogens (tertiary/aromatic N) is 1. The quantitative estimate of drug-likeness (QED) is 0.533. The minimum atomic E-state index is 0.588. The summed E-state index contributed by atoms with van der Waals surface area (Å²) in [4.78, 5) is 0. The van der Waals surface area contributed by atoms with Crippen LogP contribution in [0.5, 0.6) is 0 Å². The van der Waals surface area contributed by atoms with E-state index in [4.69, 9.17) is 18.0 Å². The third-order valence-corrected chi connectivity index (χ3v) is 4.35. The maximum absolute atomic E-state index is 5.98. The van der Waals surface area contributed by atoms with Crippen LogP contribution in [-0.4, -0.2) is 16.0 Å². The highest BCUT2D eigenvalue weighted by atomic mass is 35.5. The van der Waals surface area contributed by atoms with Crippen molar-refractivity contribution in [3.8, 4) is 34.7 Å². The van der Waals surface area contributed by atoms with E-state index in [-0.39, 0.29) is 0 Å². The van der Waals surface area contributed by atoms with Gasteiger partial charge in [-0.05, 0) is 17.7 Å². The molecule has 0 aliphatic heterocycles. The van der Waals surface area contributed by atoms with Crippen LogP contribution in [0.3, 0.4) is 0 Å². The van der Waals surface area contributed by atoms with Crippen molar-refractivity contribution in [3.63, 3.8) is 0 Å². The third kappa shape index (κ3) is 3.04. The van der Waals surface area contributed by atoms with Crippen LogP contribution < -0.4 is 0 Å². The summed E-state index contributed by atoms with van der Waals surface area (Å²) in [6.45, 7) is 0. The molecule has 0 bridgehead atoms. The smallest absolute Gasteiger partial charge is 0.127 e. The van der Waals surface area contributed by atoms with E-state index < -0.39 is 0 Å². The first-order chi connectivity index (χ1) is 10.8. The normalized spacial score (nSPS) is 10.4. The summed E-state index contributed by atoms with van der Waals surface area (Å²) in [6.07, 6.45) is 5.38. The van der Waals surface area contributed by atoms with Gasteiger partial charge in [-0.1, -0.05) is 71.7 Å². The monoisotopic (exact) mass is 324 g/mol. The molecular formula is C18H13ClN2S. The van der Waals surface area contributed by atoms with Crippen molar-refractivity contribution >= 4 is 23.4 Å². The lowest BCUT2D eigenvalue weighted by molar-refractivity contribution is 1.01. The van der Waals surface area contributed by atoms with E-state index in [1.807, 2.05) is 42.5 Å². The number of benzene rings is 2. The number of H-pyrrole nitrogens is 1. The zero-order chi connectivity index (χ0) is 15.4. The summed E-state index contributed by atoms with van der Waals surface area (Å²) in [7, 11) is 0. The molecular weight excluding hydrogens is 312 g/mol. The van der Waals surface area contributed by atoms with E-state index in [1.54, 1.807) is 11.8 Å². The van der Waals surface area contributed by atoms with Gasteiger partial charge in [0.15, 0.2) is 0 Å². The van der Waals surface area contributed by atoms with E-state index in [0.717, 1.165) is 27.4 Å². The maximum atomic E-state index is 5.98. The zero-order valence-corrected chi connectivity index (χ0v) is 13.3. The minimum absolute atomic E-state index is 0.588. The fourth-order valence-corrected chi connectivity index (χ4v) is 3.06. The first-order valence-corrected chi connectivity index (χ1v) is 8.12. The van der Waals surface area contributed by atoms with Crippen LogP contribution >= 0.6 is 23.4 Å². The Morgan fingerprint density at radius 2 is 1.77 bits per heavy atom. The molecule has 0 amide bonds. The molecule has 0 saturated heterocycles. The van der Waals surface area contributed by atoms with Gasteiger partial charge >= 0.3 is 0 Å². The fourth-order valence-electron chi connectivity index (χ4n) is 2.24. The van der Waals surface area contributed by atoms with Crippen molar-refractivity contribution in [2.24, 2.45) is 0 Å². The van der Waals surface area contributed by atoms with Crippen molar-refractivity contribution in [1.29, 1.82) is 0 Å². The molecule has 1 heterocycles. The Bertz CT molecular complexity index is 801. The number of aromatic amines is 1. The second kappa shape index (κ2) is 6.74. The number of terminal acetylenes is 1. The Kier molecular flexibility index (Phi) is 4.53. The molecule has 108 valence electrons. The SMILES string of the molecule is C#CCSc1n[nH]c(-c2ccc(Cl)cc2)c1-c1ccccc1. The van der Waals surface area contributed by atoms with Crippen LogP contribution in [0.4, 0.5) is 0 Å². The summed E-state index contributed by atoms with van der Waals surface area (Å²) in [5.41, 5.74) is 4.20. The summed E-state index contributed by atoms with van der Waals surface area (Å²) < 4.78 is 0. The molecule has 0 atom stereocenters. The average Bonchev–Trinajstić information content (AvgIpc) is 2.98. The Morgan fingerprint density at radius 1 is 1.05 bits per heavy atom. The number of halogens is 1. The first kappa shape index (κ1) is 14.8. The number of nitrogens with one attached hydrogen (secondary N) is 1. The molecule has 3 rings (SSSR count). The van der Waals surface area contributed by atoms with Crippen molar-refractivity contribution in [2.45, 2.75) is 5.03 Å². The Labute approximate surface area is 138 Å². The second-order valence-corrected chi connectivity index (χ2v) is 6.04. The molecule has 0 aliphatic carbocycles. The lowest BCUT2D eigenvalue weighted by Gasteiger charge is -2.06. The molecule has 4 heteroatoms. The van der Waals surface area contributed by atoms with E-state index in [9.17, 15) is 0 Å². The minimum Gasteiger partial charge on any atom is -0.276 e. The van der Waals surface area contributed by atoms with E-state index in [2.05, 4.69) is 28.3 Å². The summed E-state index contributed by atoms with van der Waals surface area (Å²) >= 11 is 7.53. The number of rotatable bonds is 4. The van der Waals surface area contributed by atoms with Crippen LogP contribution in [0, 0.1) is 12.3 Å². The molecule has 0 saturated carbocycles. The van der Waals surface area contributed by atoms with Gasteiger partial charge in [-0.2, -0.15) is 5.10 Å². The predicted octanol–water partition coefficient (Wildman–Crippen LogP) is 5.12. The molecule has 0 aliphatic rings. The van der Waals surface area contributed by atoms with Crippen LogP contribution in [0.2, 0.25) is 5.02 Å². The van der Waals surface area contributed by atoms with Crippen LogP contribution in [-0.2, 0) is 0 Å². The van der Waals surface area contributed by atoms with Crippen molar-refractivity contribution in [2.75, 3.05) is 5.75 Å². The topological polar surface area (TPSA) is 28.7 Å². The highest BCUT2D eigenvalue weighted by molar-refractivity contribution is 7.99. The summed E-state index contributed by atoms with van der Waals surface area (Å²) in [5, 5.41) is 9.20. The molecule has 1 N–H and O–H groups in total. The summed E-state index contributed by atoms with van der Waals surface area (Å²) in [5.74, 6) is 3.23. The molecule has 0 unspecified atom stereocenters. The second-order valence-electron chi connectivity index (χ2n) is 4.64. The highest BCUT2D eigenvalue weighted by Crippen LogP contribution is 2.37. The molecule has 22 heavy (non-hydrogen) atoms. The van der Waals surface area contributed by atoms with E-state index in [0.29, 0.717) is 10.8 Å². The van der Waals surface area contributed by atoms with Gasteiger partial charge in [0.2, 0.25) is 0 Å². The van der Waals surface area contributed by atoms with Crippen molar-refractivity contribution in [3.05, 3.63) is 59.6 Å². The number of hydrogen-bond acceptors (Lipinski definition) is 2. The molecule has 2 nitrogen and oxygen atoms in total. The van der Waals surface area contributed by atoms with Gasteiger partial charge in [-0.3, -0.25) is 5.10 Å². The number of thioether (sulfide) groups is 1. The Hall–Kier alpha value is -2.15. The lowest BCUT2D eigenvalue weighted by Crippen LogP contribution is -1.84. The van der Waals surface area contributed by atoms with Crippen molar-refractivity contribution < 1.29 is 0 Å². The average molecular weight is 325 g/mol. The molecule has 0 radical (unpaired) electrons. The first-order valence-electron chi connectivity index (χ1n) is 6.75. The van der Waals surface area contributed by atoms with Gasteiger partial charge in [0.25, 0.3) is 0 Å². The third-order valence-electron chi connectivity index (χ3n) is 3.22. The molecule has 2 aromatic carbocycles. The van der Waals surface area contributed by atoms with Gasteiger partial charge < -0.3 is 0 Å². The maximum Gasteiger partial charge on any atom is 0.127 e. The fraction of sp³-hybridized carbons (Fsp3) is 0.0556. The van der Waals surface area contributed by atoms with Gasteiger partial charge in [-0.15, -0.1) is 6.42 Å². The summed E-state index contributed by atoms with van der Waals surface area (Å²) in [6, 6.07) is 17.9. The highest BCUT2D eigenvalue weighted by Gasteiger charge is 2.16. The van der Waals surface area contributed by atoms with Gasteiger partial charge in [0, 0.05) is 16.1 Å². The van der Waals surface area contributed by atoms with E-state index in [1.165, 1.54) is 0 Å². The van der Waals surface area contributed by atoms with Crippen molar-refractivity contribution in [1.82, 2.24) is 10.2 Å². The lowest BCUT2D eigenvalue weighted by atomic mass is 10.0. The van der Waals surface area contributed by atoms with Crippen LogP contribution in [0.25, 0.3) is 22.4 Å². The van der Waals surface area contributed by atoms with Gasteiger partial charge in [0.05, 0.1) is 11.4 Å². The predicted molar refractivity (Wildman–Crippen MR) is 94.0 cm³/mol. The largest absolute Gasteiger partial charge is 0.276 e. The van der Waals surface area contributed by atoms with Gasteiger partial charge in [0.1, 0.15) is 5.03 Å². The number of hydrogen-bond donors (Lipinski definition) is 1. The molecule has 1 aromatic heterocycles. The van der Waals surface area contributed by atoms with E-state index >= 15 is 0 Å². The molecule has 3 aromatic rings. The van der Waals surface area contributed by atoms with Crippen LogP contribution in [0.1, 0.15) is 0 Å². The zero-order valence-electron chi connectivity index (χ0n) is 11.7. The van der Waals surface area contributed by atoms with Gasteiger partial charge in [-0.25, -0.2) is 0 Å².